The van der Waals surface area contributed by atoms with E-state index >= 15 is 0 Å². The Labute approximate surface area is 91.0 Å². The molecule has 0 aliphatic rings. The molecule has 0 aromatic carbocycles. The van der Waals surface area contributed by atoms with Gasteiger partial charge in [-0.25, -0.2) is 0 Å². The Kier molecular flexibility index (Phi) is 3.29. The van der Waals surface area contributed by atoms with Crippen LogP contribution in [0.3, 0.4) is 0 Å². The maximum atomic E-state index is 5.51. The van der Waals surface area contributed by atoms with Gasteiger partial charge in [-0.05, 0) is 19.3 Å². The van der Waals surface area contributed by atoms with E-state index in [-0.39, 0.29) is 0 Å². The minimum Gasteiger partial charge on any atom is -0.350 e. The zero-order chi connectivity index (χ0) is 10.7. The lowest BCUT2D eigenvalue weighted by molar-refractivity contribution is -0.674. The first kappa shape index (κ1) is 10.5. The molecule has 84 valence electrons. The highest BCUT2D eigenvalue weighted by atomic mass is 16.4. The predicted molar refractivity (Wildman–Crippen MR) is 60.0 cm³/mol. The molecule has 0 amide bonds. The Hall–Kier alpha value is -0.990. The molecule has 3 aromatic rings. The fourth-order valence-corrected chi connectivity index (χ4v) is 2.06. The molecule has 3 nitrogen and oxygen atoms in total. The van der Waals surface area contributed by atoms with Gasteiger partial charge in [-0.1, -0.05) is 26.7 Å². The van der Waals surface area contributed by atoms with E-state index in [9.17, 15) is 0 Å². The molecule has 2 bridgehead atoms. The van der Waals surface area contributed by atoms with Gasteiger partial charge in [-0.2, -0.15) is 9.13 Å². The van der Waals surface area contributed by atoms with Gasteiger partial charge in [0.15, 0.2) is 6.20 Å². The third-order valence-electron chi connectivity index (χ3n) is 2.90. The number of nitrogens with zero attached hydrogens (tertiary/aromatic N) is 2. The summed E-state index contributed by atoms with van der Waals surface area (Å²) in [5.41, 5.74) is 1.04. The molecule has 0 atom stereocenters. The molecule has 3 aromatic heterocycles. The van der Waals surface area contributed by atoms with Crippen LogP contribution in [0.1, 0.15) is 46.0 Å². The molecule has 0 saturated carbocycles. The monoisotopic (exact) mass is 209 g/mol. The van der Waals surface area contributed by atoms with Crippen LogP contribution in [0.2, 0.25) is 0 Å². The maximum absolute atomic E-state index is 5.51. The van der Waals surface area contributed by atoms with E-state index in [0.717, 1.165) is 24.6 Å². The standard InChI is InChI=1S/C12H21N2O/c1-3-5-6-7-9-13-10-11-14(8-4-2)12(13)15-11/h10H,3-9H2,1-2H3/q+1. The van der Waals surface area contributed by atoms with E-state index < -0.39 is 0 Å². The Morgan fingerprint density at radius 3 is 2.80 bits per heavy atom. The third kappa shape index (κ3) is 2.01. The van der Waals surface area contributed by atoms with E-state index in [4.69, 9.17) is 4.42 Å². The molecule has 0 aliphatic carbocycles. The molecule has 3 heterocycles. The average Bonchev–Trinajstić information content (AvgIpc) is 2.78. The highest BCUT2D eigenvalue weighted by Gasteiger charge is 2.26. The molecular formula is C12H21N2O+. The number of aryl methyl sites for hydroxylation is 2. The summed E-state index contributed by atoms with van der Waals surface area (Å²) >= 11 is 0. The highest BCUT2D eigenvalue weighted by Crippen LogP contribution is 2.16. The van der Waals surface area contributed by atoms with Crippen LogP contribution >= 0.6 is 0 Å². The lowest BCUT2D eigenvalue weighted by atomic mass is 10.2. The summed E-state index contributed by atoms with van der Waals surface area (Å²) in [6.45, 7) is 6.64. The minimum absolute atomic E-state index is 1.04. The Morgan fingerprint density at radius 1 is 1.20 bits per heavy atom. The normalized spacial score (nSPS) is 11.9. The van der Waals surface area contributed by atoms with E-state index in [2.05, 4.69) is 29.2 Å². The molecule has 3 rings (SSSR count). The second-order valence-electron chi connectivity index (χ2n) is 4.26. The van der Waals surface area contributed by atoms with Gasteiger partial charge in [0.1, 0.15) is 0 Å². The van der Waals surface area contributed by atoms with Crippen molar-refractivity contribution in [2.75, 3.05) is 0 Å². The summed E-state index contributed by atoms with van der Waals surface area (Å²) < 4.78 is 10.0. The number of hydrogen-bond acceptors (Lipinski definition) is 1. The fraction of sp³-hybridized carbons (Fsp3) is 0.750. The van der Waals surface area contributed by atoms with Crippen LogP contribution in [0.25, 0.3) is 11.6 Å². The van der Waals surface area contributed by atoms with Gasteiger partial charge in [0.05, 0.1) is 13.1 Å². The van der Waals surface area contributed by atoms with Crippen LogP contribution in [0, 0.1) is 0 Å². The van der Waals surface area contributed by atoms with Crippen molar-refractivity contribution in [1.82, 2.24) is 4.57 Å². The third-order valence-corrected chi connectivity index (χ3v) is 2.90. The number of unbranched alkanes of at least 4 members (excludes halogenated alkanes) is 3. The number of aromatic nitrogens is 2. The zero-order valence-corrected chi connectivity index (χ0v) is 9.83. The molecule has 0 N–H and O–H groups in total. The predicted octanol–water partition coefficient (Wildman–Crippen LogP) is 2.95. The van der Waals surface area contributed by atoms with E-state index in [1.54, 1.807) is 0 Å². The molecule has 0 spiro atoms. The van der Waals surface area contributed by atoms with Crippen molar-refractivity contribution in [3.05, 3.63) is 6.20 Å². The molecule has 0 aliphatic heterocycles. The quantitative estimate of drug-likeness (QED) is 0.507. The SMILES string of the molecule is CCCCCC[n+]1cc2oc1n2CCC. The number of hydrogen-bond donors (Lipinski definition) is 0. The smallest absolute Gasteiger partial charge is 0.350 e. The van der Waals surface area contributed by atoms with Crippen LogP contribution in [0.15, 0.2) is 10.6 Å². The topological polar surface area (TPSA) is 21.9 Å². The minimum atomic E-state index is 1.04. The maximum Gasteiger partial charge on any atom is 0.467 e. The first-order chi connectivity index (χ1) is 7.36. The van der Waals surface area contributed by atoms with Gasteiger partial charge in [-0.3, -0.25) is 0 Å². The van der Waals surface area contributed by atoms with E-state index in [0.29, 0.717) is 0 Å². The van der Waals surface area contributed by atoms with Gasteiger partial charge < -0.3 is 4.42 Å². The molecular weight excluding hydrogens is 188 g/mol. The molecule has 0 fully saturated rings. The largest absolute Gasteiger partial charge is 0.467 e. The lowest BCUT2D eigenvalue weighted by Gasteiger charge is -1.99. The van der Waals surface area contributed by atoms with E-state index in [1.807, 2.05) is 0 Å². The lowest BCUT2D eigenvalue weighted by Crippen LogP contribution is -2.32. The zero-order valence-electron chi connectivity index (χ0n) is 9.83. The Morgan fingerprint density at radius 2 is 2.07 bits per heavy atom. The molecule has 0 saturated heterocycles. The van der Waals surface area contributed by atoms with Crippen molar-refractivity contribution in [3.63, 3.8) is 0 Å². The van der Waals surface area contributed by atoms with Crippen LogP contribution in [0.5, 0.6) is 0 Å². The summed E-state index contributed by atoms with van der Waals surface area (Å²) in [7, 11) is 0. The van der Waals surface area contributed by atoms with Crippen LogP contribution in [-0.2, 0) is 13.1 Å². The Balaban J connectivity index is 1.86. The number of imidazole rings is 1. The first-order valence-electron chi connectivity index (χ1n) is 6.17. The van der Waals surface area contributed by atoms with Crippen molar-refractivity contribution in [3.8, 4) is 0 Å². The van der Waals surface area contributed by atoms with E-state index in [1.165, 1.54) is 32.1 Å². The van der Waals surface area contributed by atoms with Gasteiger partial charge in [0, 0.05) is 0 Å². The summed E-state index contributed by atoms with van der Waals surface area (Å²) in [6.07, 6.45) is 8.56. The van der Waals surface area contributed by atoms with Crippen LogP contribution in [0.4, 0.5) is 0 Å². The number of fused-ring (bicyclic) bond motifs is 1. The van der Waals surface area contributed by atoms with Gasteiger partial charge in [-0.15, -0.1) is 0 Å². The summed E-state index contributed by atoms with van der Waals surface area (Å²) in [5, 5.41) is 0. The summed E-state index contributed by atoms with van der Waals surface area (Å²) in [5.74, 6) is 1.06. The molecule has 15 heavy (non-hydrogen) atoms. The summed E-state index contributed by atoms with van der Waals surface area (Å²) in [4.78, 5) is 0. The second kappa shape index (κ2) is 4.69. The number of rotatable bonds is 7. The fourth-order valence-electron chi connectivity index (χ4n) is 2.06. The first-order valence-corrected chi connectivity index (χ1v) is 6.17. The molecule has 3 heteroatoms. The van der Waals surface area contributed by atoms with Gasteiger partial charge >= 0.3 is 11.6 Å². The number of oxazole rings is 1. The van der Waals surface area contributed by atoms with Gasteiger partial charge in [0.25, 0.3) is 0 Å². The van der Waals surface area contributed by atoms with Crippen molar-refractivity contribution in [1.29, 1.82) is 0 Å². The Bertz CT molecular complexity index is 388. The molecule has 0 unspecified atom stereocenters. The highest BCUT2D eigenvalue weighted by molar-refractivity contribution is 5.43. The van der Waals surface area contributed by atoms with Crippen molar-refractivity contribution >= 4 is 11.6 Å². The van der Waals surface area contributed by atoms with Gasteiger partial charge in [0.2, 0.25) is 0 Å². The van der Waals surface area contributed by atoms with Crippen molar-refractivity contribution in [2.45, 2.75) is 59.0 Å². The van der Waals surface area contributed by atoms with Crippen LogP contribution < -0.4 is 4.57 Å². The summed E-state index contributed by atoms with van der Waals surface area (Å²) in [6, 6.07) is 0. The second-order valence-corrected chi connectivity index (χ2v) is 4.26. The molecule has 0 radical (unpaired) electrons. The van der Waals surface area contributed by atoms with Crippen molar-refractivity contribution < 1.29 is 8.98 Å². The average molecular weight is 209 g/mol. The van der Waals surface area contributed by atoms with Crippen LogP contribution in [-0.4, -0.2) is 4.57 Å². The van der Waals surface area contributed by atoms with Crippen molar-refractivity contribution in [2.24, 2.45) is 0 Å².